The largest absolute Gasteiger partial charge is 0.0533 e. The summed E-state index contributed by atoms with van der Waals surface area (Å²) in [5.41, 5.74) is 0. The summed E-state index contributed by atoms with van der Waals surface area (Å²) in [6, 6.07) is 0. The van der Waals surface area contributed by atoms with E-state index in [1.807, 2.05) is 0 Å². The van der Waals surface area contributed by atoms with E-state index in [2.05, 4.69) is 0 Å². The van der Waals surface area contributed by atoms with Crippen molar-refractivity contribution in [3.63, 3.8) is 0 Å². The summed E-state index contributed by atoms with van der Waals surface area (Å²) in [4.78, 5) is 0. The van der Waals surface area contributed by atoms with E-state index in [9.17, 15) is 0 Å². The van der Waals surface area contributed by atoms with Crippen molar-refractivity contribution >= 4 is 0 Å². The number of hydrogen-bond acceptors (Lipinski definition) is 0. The predicted octanol–water partition coefficient (Wildman–Crippen LogP) is 17.4. The monoisotopic (exact) mass is 693 g/mol. The molecule has 0 saturated heterocycles. The van der Waals surface area contributed by atoms with Crippen LogP contribution in [0.3, 0.4) is 0 Å². The lowest BCUT2D eigenvalue weighted by Crippen LogP contribution is -2.38. The van der Waals surface area contributed by atoms with Gasteiger partial charge in [0.25, 0.3) is 0 Å². The van der Waals surface area contributed by atoms with Crippen LogP contribution in [0.15, 0.2) is 0 Å². The van der Waals surface area contributed by atoms with Crippen molar-refractivity contribution in [2.45, 2.75) is 270 Å². The van der Waals surface area contributed by atoms with Crippen LogP contribution in [-0.2, 0) is 0 Å². The third-order valence-corrected chi connectivity index (χ3v) is 15.4. The molecule has 14 fully saturated rings. The minimum absolute atomic E-state index is 1.15. The molecule has 0 heteroatoms. The topological polar surface area (TPSA) is 0 Å². The number of rotatable bonds is 0. The maximum absolute atomic E-state index is 1.60. The van der Waals surface area contributed by atoms with Crippen LogP contribution in [0.5, 0.6) is 0 Å². The Morgan fingerprint density at radius 1 is 0.120 bits per heavy atom. The van der Waals surface area contributed by atoms with Crippen molar-refractivity contribution in [2.24, 2.45) is 47.3 Å². The molecule has 14 aliphatic carbocycles. The third kappa shape index (κ3) is 18.4. The molecule has 0 aromatic heterocycles. The zero-order valence-corrected chi connectivity index (χ0v) is 34.3. The minimum atomic E-state index is 1.15. The summed E-state index contributed by atoms with van der Waals surface area (Å²) in [7, 11) is 0. The molecule has 50 heavy (non-hydrogen) atoms. The fraction of sp³-hybridized carbons (Fsp3) is 1.00. The Hall–Kier alpha value is 0. The Morgan fingerprint density at radius 3 is 0.340 bits per heavy atom. The van der Waals surface area contributed by atoms with Crippen LogP contribution in [0.4, 0.5) is 0 Å². The molecule has 0 amide bonds. The van der Waals surface area contributed by atoms with E-state index in [-0.39, 0.29) is 0 Å². The van der Waals surface area contributed by atoms with Crippen molar-refractivity contribution in [1.82, 2.24) is 0 Å². The molecule has 0 nitrogen and oxygen atoms in total. The highest BCUT2D eigenvalue weighted by molar-refractivity contribution is 4.93. The second-order valence-electron chi connectivity index (χ2n) is 20.3. The van der Waals surface area contributed by atoms with Crippen LogP contribution in [0.25, 0.3) is 0 Å². The quantitative estimate of drug-likeness (QED) is 0.222. The van der Waals surface area contributed by atoms with Gasteiger partial charge in [-0.25, -0.2) is 0 Å². The van der Waals surface area contributed by atoms with Gasteiger partial charge in [-0.2, -0.15) is 0 Å². The predicted molar refractivity (Wildman–Crippen MR) is 222 cm³/mol. The summed E-state index contributed by atoms with van der Waals surface area (Å²) in [6.45, 7) is 0. The minimum Gasteiger partial charge on any atom is -0.0533 e. The van der Waals surface area contributed by atoms with Gasteiger partial charge in [0.15, 0.2) is 0 Å². The Bertz CT molecular complexity index is 631. The molecule has 0 aromatic carbocycles. The molecule has 0 N–H and O–H groups in total. The smallest absolute Gasteiger partial charge is 0.0406 e. The van der Waals surface area contributed by atoms with Crippen LogP contribution in [0.2, 0.25) is 0 Å². The average molecular weight is 693 g/mol. The van der Waals surface area contributed by atoms with Crippen LogP contribution in [-0.4, -0.2) is 0 Å². The average Bonchev–Trinajstić information content (AvgIpc) is 3.66. The van der Waals surface area contributed by atoms with Gasteiger partial charge in [0.2, 0.25) is 0 Å². The molecule has 0 aliphatic heterocycles. The van der Waals surface area contributed by atoms with Crippen LogP contribution in [0, 0.1) is 47.3 Å². The summed E-state index contributed by atoms with van der Waals surface area (Å²) in [6.07, 6.45) is 64.3. The van der Waals surface area contributed by atoms with E-state index in [4.69, 9.17) is 0 Å². The Kier molecular flexibility index (Phi) is 21.3. The fourth-order valence-electron chi connectivity index (χ4n) is 11.9. The van der Waals surface area contributed by atoms with E-state index in [1.54, 1.807) is 109 Å². The Balaban J connectivity index is 0.000000114. The van der Waals surface area contributed by atoms with Gasteiger partial charge in [0.1, 0.15) is 0 Å². The van der Waals surface area contributed by atoms with Gasteiger partial charge >= 0.3 is 0 Å². The molecule has 0 unspecified atom stereocenters. The molecule has 0 radical (unpaired) electrons. The molecule has 0 heterocycles. The Morgan fingerprint density at radius 2 is 0.240 bits per heavy atom. The SMILES string of the molecule is C1C2CC3CC1CC(C2)C3.C1CC1.C1CC2CCC1C2.C1CC2CCC1CC2.C1CCC1.C1CCCC1.C1CCCCC1.C1CCCCCC1. The van der Waals surface area contributed by atoms with Crippen molar-refractivity contribution in [3.8, 4) is 0 Å². The second-order valence-corrected chi connectivity index (χ2v) is 20.3. The van der Waals surface area contributed by atoms with Gasteiger partial charge < -0.3 is 0 Å². The van der Waals surface area contributed by atoms with E-state index < -0.39 is 0 Å². The molecule has 0 aromatic rings. The highest BCUT2D eigenvalue weighted by Crippen LogP contribution is 2.53. The highest BCUT2D eigenvalue weighted by atomic mass is 14.5. The standard InChI is InChI=1S/C10H16.C8H14.C7H12.C7H14.C6H12.C5H10.C4H8.C3H6/c1-7-2-9-4-8(1)5-10(3-7)6-9;1-2-8-5-3-7(1)4-6-8;1-2-7-4-3-6(1)5-7;1-2-4-6-7-5-3-1;1-2-4-6-5-3-1;1-2-4-5-3-1;1-2-4-3-1;1-2-3-1/h7-10H,1-6H2;7-8H,1-6H2;6-7H,1-5H2;1-7H2;1-6H2;1-5H2;1-4H2;1-3H2. The van der Waals surface area contributed by atoms with Crippen molar-refractivity contribution < 1.29 is 0 Å². The lowest BCUT2D eigenvalue weighted by Gasteiger charge is -2.49. The molecular weight excluding hydrogens is 601 g/mol. The molecule has 8 bridgehead atoms. The second kappa shape index (κ2) is 25.9. The Labute approximate surface area is 316 Å². The zero-order valence-electron chi connectivity index (χ0n) is 34.3. The van der Waals surface area contributed by atoms with Gasteiger partial charge in [0, 0.05) is 0 Å². The first kappa shape index (κ1) is 41.2. The summed E-state index contributed by atoms with van der Waals surface area (Å²) < 4.78 is 0. The van der Waals surface area contributed by atoms with Gasteiger partial charge in [0.05, 0.1) is 0 Å². The molecule has 14 saturated carbocycles. The molecular formula is C50H92. The third-order valence-electron chi connectivity index (χ3n) is 15.4. The van der Waals surface area contributed by atoms with Gasteiger partial charge in [-0.1, -0.05) is 225 Å². The lowest BCUT2D eigenvalue weighted by atomic mass is 9.56. The zero-order chi connectivity index (χ0) is 34.3. The molecule has 14 rings (SSSR count). The molecule has 14 aliphatic rings. The van der Waals surface area contributed by atoms with Crippen molar-refractivity contribution in [3.05, 3.63) is 0 Å². The van der Waals surface area contributed by atoms with E-state index in [1.165, 1.54) is 196 Å². The fourth-order valence-corrected chi connectivity index (χ4v) is 11.9. The van der Waals surface area contributed by atoms with E-state index >= 15 is 0 Å². The highest BCUT2D eigenvalue weighted by Gasteiger charge is 2.41. The van der Waals surface area contributed by atoms with Crippen LogP contribution in [0.1, 0.15) is 270 Å². The van der Waals surface area contributed by atoms with E-state index in [0.29, 0.717) is 0 Å². The first-order valence-corrected chi connectivity index (χ1v) is 24.8. The van der Waals surface area contributed by atoms with Crippen molar-refractivity contribution in [1.29, 1.82) is 0 Å². The van der Waals surface area contributed by atoms with Crippen LogP contribution < -0.4 is 0 Å². The normalized spacial score (nSPS) is 37.4. The maximum Gasteiger partial charge on any atom is -0.0406 e. The molecule has 0 spiro atoms. The van der Waals surface area contributed by atoms with E-state index in [0.717, 1.165) is 11.8 Å². The number of hydrogen-bond donors (Lipinski definition) is 0. The summed E-state index contributed by atoms with van der Waals surface area (Å²) in [5.74, 6) is 9.36. The lowest BCUT2D eigenvalue weighted by molar-refractivity contribution is 0.0198. The van der Waals surface area contributed by atoms with Gasteiger partial charge in [-0.15, -0.1) is 0 Å². The number of fused-ring (bicyclic) bond motifs is 5. The first-order chi connectivity index (χ1) is 24.8. The van der Waals surface area contributed by atoms with Gasteiger partial charge in [-0.05, 0) is 92.3 Å². The summed E-state index contributed by atoms with van der Waals surface area (Å²) in [5, 5.41) is 0. The first-order valence-electron chi connectivity index (χ1n) is 24.8. The van der Waals surface area contributed by atoms with Gasteiger partial charge in [-0.3, -0.25) is 0 Å². The molecule has 292 valence electrons. The van der Waals surface area contributed by atoms with Crippen molar-refractivity contribution in [2.75, 3.05) is 0 Å². The summed E-state index contributed by atoms with van der Waals surface area (Å²) >= 11 is 0. The molecule has 0 atom stereocenters. The van der Waals surface area contributed by atoms with Crippen LogP contribution >= 0.6 is 0 Å². The maximum atomic E-state index is 1.60.